The molecule has 1 aliphatic heterocycles. The molecule has 94 valence electrons. The van der Waals surface area contributed by atoms with E-state index in [1.165, 1.54) is 16.5 Å². The van der Waals surface area contributed by atoms with Crippen LogP contribution in [0.4, 0.5) is 0 Å². The zero-order chi connectivity index (χ0) is 12.7. The number of benzene rings is 2. The van der Waals surface area contributed by atoms with Gasteiger partial charge in [-0.25, -0.2) is 0 Å². The zero-order valence-electron chi connectivity index (χ0n) is 10.6. The lowest BCUT2D eigenvalue weighted by atomic mass is 9.89. The van der Waals surface area contributed by atoms with Gasteiger partial charge in [-0.05, 0) is 23.3 Å². The van der Waals surface area contributed by atoms with Gasteiger partial charge < -0.3 is 9.73 Å². The number of para-hydroxylation sites is 1. The summed E-state index contributed by atoms with van der Waals surface area (Å²) in [7, 11) is 0. The van der Waals surface area contributed by atoms with E-state index in [4.69, 9.17) is 4.42 Å². The topological polar surface area (TPSA) is 25.2 Å². The molecule has 0 fully saturated rings. The normalized spacial score (nSPS) is 18.4. The van der Waals surface area contributed by atoms with E-state index in [-0.39, 0.29) is 0 Å². The van der Waals surface area contributed by atoms with Gasteiger partial charge in [-0.2, -0.15) is 0 Å². The van der Waals surface area contributed by atoms with Crippen LogP contribution in [0.25, 0.3) is 11.0 Å². The Balaban J connectivity index is 1.85. The smallest absolute Gasteiger partial charge is 0.134 e. The standard InChI is InChI=1S/C17H15NO/c1-3-7-14-13(6-1)10-18-11-15(14)17-9-12-5-2-4-8-16(12)19-17/h1-9,15,18H,10-11H2/t15-/m0/s1. The molecule has 0 amide bonds. The summed E-state index contributed by atoms with van der Waals surface area (Å²) in [6, 6.07) is 19.0. The molecule has 0 radical (unpaired) electrons. The first-order chi connectivity index (χ1) is 9.42. The summed E-state index contributed by atoms with van der Waals surface area (Å²) in [6.07, 6.45) is 0. The van der Waals surface area contributed by atoms with Crippen LogP contribution in [0.1, 0.15) is 22.8 Å². The number of fused-ring (bicyclic) bond motifs is 2. The van der Waals surface area contributed by atoms with Gasteiger partial charge >= 0.3 is 0 Å². The summed E-state index contributed by atoms with van der Waals surface area (Å²) in [5.41, 5.74) is 3.74. The van der Waals surface area contributed by atoms with E-state index >= 15 is 0 Å². The van der Waals surface area contributed by atoms with E-state index < -0.39 is 0 Å². The Kier molecular flexibility index (Phi) is 2.42. The molecule has 0 saturated heterocycles. The molecule has 1 aliphatic rings. The van der Waals surface area contributed by atoms with Gasteiger partial charge in [0.25, 0.3) is 0 Å². The van der Waals surface area contributed by atoms with Crippen LogP contribution in [-0.2, 0) is 6.54 Å². The summed E-state index contributed by atoms with van der Waals surface area (Å²) in [4.78, 5) is 0. The van der Waals surface area contributed by atoms with Crippen molar-refractivity contribution in [3.05, 3.63) is 71.5 Å². The van der Waals surface area contributed by atoms with Crippen LogP contribution >= 0.6 is 0 Å². The molecule has 3 aromatic rings. The maximum atomic E-state index is 6.02. The lowest BCUT2D eigenvalue weighted by molar-refractivity contribution is 0.481. The van der Waals surface area contributed by atoms with Crippen molar-refractivity contribution in [2.24, 2.45) is 0 Å². The molecule has 0 aliphatic carbocycles. The van der Waals surface area contributed by atoms with E-state index in [2.05, 4.69) is 47.8 Å². The van der Waals surface area contributed by atoms with Crippen molar-refractivity contribution in [2.75, 3.05) is 6.54 Å². The van der Waals surface area contributed by atoms with Gasteiger partial charge in [0, 0.05) is 18.5 Å². The van der Waals surface area contributed by atoms with E-state index in [0.29, 0.717) is 5.92 Å². The summed E-state index contributed by atoms with van der Waals surface area (Å²) < 4.78 is 6.02. The van der Waals surface area contributed by atoms with Crippen molar-refractivity contribution in [3.8, 4) is 0 Å². The molecule has 2 heterocycles. The molecule has 0 saturated carbocycles. The van der Waals surface area contributed by atoms with Crippen molar-refractivity contribution < 1.29 is 4.42 Å². The van der Waals surface area contributed by atoms with E-state index in [1.54, 1.807) is 0 Å². The highest BCUT2D eigenvalue weighted by molar-refractivity contribution is 5.78. The second kappa shape index (κ2) is 4.25. The van der Waals surface area contributed by atoms with Gasteiger partial charge in [0.05, 0.1) is 5.92 Å². The average molecular weight is 249 g/mol. The Hall–Kier alpha value is -2.06. The highest BCUT2D eigenvalue weighted by atomic mass is 16.3. The number of furan rings is 1. The van der Waals surface area contributed by atoms with Crippen molar-refractivity contribution in [3.63, 3.8) is 0 Å². The Labute approximate surface area is 112 Å². The third kappa shape index (κ3) is 1.76. The zero-order valence-corrected chi connectivity index (χ0v) is 10.6. The molecule has 0 unspecified atom stereocenters. The van der Waals surface area contributed by atoms with Gasteiger partial charge in [0.1, 0.15) is 11.3 Å². The lowest BCUT2D eigenvalue weighted by Gasteiger charge is -2.24. The van der Waals surface area contributed by atoms with E-state index in [1.807, 2.05) is 12.1 Å². The van der Waals surface area contributed by atoms with Gasteiger partial charge in [-0.3, -0.25) is 0 Å². The molecule has 0 spiro atoms. The Morgan fingerprint density at radius 3 is 2.79 bits per heavy atom. The van der Waals surface area contributed by atoms with Gasteiger partial charge in [0.2, 0.25) is 0 Å². The minimum Gasteiger partial charge on any atom is -0.460 e. The molecule has 1 N–H and O–H groups in total. The van der Waals surface area contributed by atoms with Crippen LogP contribution in [0.2, 0.25) is 0 Å². The largest absolute Gasteiger partial charge is 0.460 e. The third-order valence-corrected chi connectivity index (χ3v) is 3.88. The highest BCUT2D eigenvalue weighted by Crippen LogP contribution is 2.33. The SMILES string of the molecule is c1ccc2c(c1)CNC[C@@H]2c1cc2ccccc2o1. The van der Waals surface area contributed by atoms with Crippen molar-refractivity contribution >= 4 is 11.0 Å². The Morgan fingerprint density at radius 2 is 1.84 bits per heavy atom. The summed E-state index contributed by atoms with van der Waals surface area (Å²) in [5, 5.41) is 4.65. The first-order valence-corrected chi connectivity index (χ1v) is 6.69. The second-order valence-electron chi connectivity index (χ2n) is 5.07. The molecular formula is C17H15NO. The average Bonchev–Trinajstić information content (AvgIpc) is 2.90. The minimum atomic E-state index is 0.317. The number of hydrogen-bond donors (Lipinski definition) is 1. The van der Waals surface area contributed by atoms with Crippen LogP contribution in [0, 0.1) is 0 Å². The molecule has 4 rings (SSSR count). The number of hydrogen-bond acceptors (Lipinski definition) is 2. The minimum absolute atomic E-state index is 0.317. The summed E-state index contributed by atoms with van der Waals surface area (Å²) in [6.45, 7) is 1.89. The highest BCUT2D eigenvalue weighted by Gasteiger charge is 2.23. The fourth-order valence-corrected chi connectivity index (χ4v) is 2.92. The van der Waals surface area contributed by atoms with Gasteiger partial charge in [-0.15, -0.1) is 0 Å². The van der Waals surface area contributed by atoms with Gasteiger partial charge in [-0.1, -0.05) is 42.5 Å². The number of nitrogens with one attached hydrogen (secondary N) is 1. The van der Waals surface area contributed by atoms with Crippen LogP contribution in [0.3, 0.4) is 0 Å². The predicted molar refractivity (Wildman–Crippen MR) is 76.2 cm³/mol. The van der Waals surface area contributed by atoms with Crippen molar-refractivity contribution in [1.82, 2.24) is 5.32 Å². The maximum Gasteiger partial charge on any atom is 0.134 e. The Bertz CT molecular complexity index is 696. The molecule has 2 heteroatoms. The second-order valence-corrected chi connectivity index (χ2v) is 5.07. The monoisotopic (exact) mass is 249 g/mol. The quantitative estimate of drug-likeness (QED) is 0.712. The van der Waals surface area contributed by atoms with E-state index in [0.717, 1.165) is 24.4 Å². The third-order valence-electron chi connectivity index (χ3n) is 3.88. The van der Waals surface area contributed by atoms with Crippen molar-refractivity contribution in [1.29, 1.82) is 0 Å². The fourth-order valence-electron chi connectivity index (χ4n) is 2.92. The summed E-state index contributed by atoms with van der Waals surface area (Å²) in [5.74, 6) is 1.37. The van der Waals surface area contributed by atoms with Crippen LogP contribution < -0.4 is 5.32 Å². The van der Waals surface area contributed by atoms with Crippen molar-refractivity contribution in [2.45, 2.75) is 12.5 Å². The summed E-state index contributed by atoms with van der Waals surface area (Å²) >= 11 is 0. The van der Waals surface area contributed by atoms with Crippen LogP contribution in [-0.4, -0.2) is 6.54 Å². The molecule has 1 atom stereocenters. The fraction of sp³-hybridized carbons (Fsp3) is 0.176. The van der Waals surface area contributed by atoms with Crippen LogP contribution in [0.5, 0.6) is 0 Å². The first-order valence-electron chi connectivity index (χ1n) is 6.69. The first kappa shape index (κ1) is 10.8. The molecule has 19 heavy (non-hydrogen) atoms. The van der Waals surface area contributed by atoms with E-state index in [9.17, 15) is 0 Å². The molecule has 2 nitrogen and oxygen atoms in total. The maximum absolute atomic E-state index is 6.02. The predicted octanol–water partition coefficient (Wildman–Crippen LogP) is 3.67. The molecule has 2 aromatic carbocycles. The van der Waals surface area contributed by atoms with Gasteiger partial charge in [0.15, 0.2) is 0 Å². The molecule has 1 aromatic heterocycles. The van der Waals surface area contributed by atoms with Crippen LogP contribution in [0.15, 0.2) is 59.0 Å². The molecule has 0 bridgehead atoms. The Morgan fingerprint density at radius 1 is 1.00 bits per heavy atom. The number of rotatable bonds is 1. The molecular weight excluding hydrogens is 234 g/mol. The lowest BCUT2D eigenvalue weighted by Crippen LogP contribution is -2.28.